The maximum atomic E-state index is 5.33. The smallest absolute Gasteiger partial charge is 0.0772 e. The van der Waals surface area contributed by atoms with Crippen molar-refractivity contribution < 1.29 is 0 Å². The van der Waals surface area contributed by atoms with Gasteiger partial charge in [-0.25, -0.2) is 0 Å². The van der Waals surface area contributed by atoms with Gasteiger partial charge in [0.2, 0.25) is 0 Å². The third-order valence-corrected chi connectivity index (χ3v) is 4.07. The first kappa shape index (κ1) is 13.6. The predicted octanol–water partition coefficient (Wildman–Crippen LogP) is 1.85. The summed E-state index contributed by atoms with van der Waals surface area (Å²) in [7, 11) is 4.21. The van der Waals surface area contributed by atoms with Crippen LogP contribution in [0.1, 0.15) is 9.75 Å². The summed E-state index contributed by atoms with van der Waals surface area (Å²) in [6, 6.07) is 4.24. The molecule has 0 spiro atoms. The van der Waals surface area contributed by atoms with Crippen LogP contribution in [-0.2, 0) is 5.75 Å². The number of rotatable bonds is 5. The van der Waals surface area contributed by atoms with Gasteiger partial charge in [-0.15, -0.1) is 11.3 Å². The van der Waals surface area contributed by atoms with E-state index in [1.54, 1.807) is 11.3 Å². The molecule has 0 aliphatic rings. The lowest BCUT2D eigenvalue weighted by molar-refractivity contribution is 0.437. The van der Waals surface area contributed by atoms with Crippen LogP contribution in [0.5, 0.6) is 0 Å². The molecule has 16 heavy (non-hydrogen) atoms. The van der Waals surface area contributed by atoms with Crippen molar-refractivity contribution in [1.29, 1.82) is 0 Å². The van der Waals surface area contributed by atoms with Crippen LogP contribution in [0.25, 0.3) is 0 Å². The van der Waals surface area contributed by atoms with E-state index in [0.717, 1.165) is 17.2 Å². The number of nitrogens with two attached hydrogens (primary N) is 1. The summed E-state index contributed by atoms with van der Waals surface area (Å²) >= 11 is 3.74. The van der Waals surface area contributed by atoms with Gasteiger partial charge in [0.05, 0.1) is 11.4 Å². The highest BCUT2D eigenvalue weighted by atomic mass is 32.2. The zero-order valence-corrected chi connectivity index (χ0v) is 11.5. The van der Waals surface area contributed by atoms with Crippen LogP contribution in [0.4, 0.5) is 0 Å². The fraction of sp³-hybridized carbons (Fsp3) is 0.500. The fourth-order valence-corrected chi connectivity index (χ4v) is 3.18. The first-order valence-electron chi connectivity index (χ1n) is 5.22. The Morgan fingerprint density at radius 3 is 2.94 bits per heavy atom. The summed E-state index contributed by atoms with van der Waals surface area (Å²) in [6.45, 7) is 1.57. The molecule has 0 saturated carbocycles. The number of thiophene rings is 1. The minimum Gasteiger partial charge on any atom is -0.320 e. The van der Waals surface area contributed by atoms with E-state index in [1.165, 1.54) is 10.6 Å². The molecular formula is C12H18N2S2. The average Bonchev–Trinajstić information content (AvgIpc) is 2.69. The Labute approximate surface area is 106 Å². The normalized spacial score (nSPS) is 10.2. The Hall–Kier alpha value is -0.470. The van der Waals surface area contributed by atoms with Crippen molar-refractivity contribution in [2.45, 2.75) is 5.75 Å². The van der Waals surface area contributed by atoms with Gasteiger partial charge in [0.1, 0.15) is 0 Å². The highest BCUT2D eigenvalue weighted by Gasteiger charge is 1.98. The van der Waals surface area contributed by atoms with Gasteiger partial charge in [-0.3, -0.25) is 0 Å². The molecular weight excluding hydrogens is 236 g/mol. The number of thioether (sulfide) groups is 1. The topological polar surface area (TPSA) is 29.3 Å². The zero-order chi connectivity index (χ0) is 11.8. The van der Waals surface area contributed by atoms with E-state index >= 15 is 0 Å². The Balaban J connectivity index is 2.29. The summed E-state index contributed by atoms with van der Waals surface area (Å²) in [5, 5.41) is 0. The molecule has 88 valence electrons. The molecule has 0 aromatic carbocycles. The van der Waals surface area contributed by atoms with Crippen LogP contribution in [0, 0.1) is 11.8 Å². The van der Waals surface area contributed by atoms with Crippen molar-refractivity contribution in [2.24, 2.45) is 5.73 Å². The molecule has 2 nitrogen and oxygen atoms in total. The van der Waals surface area contributed by atoms with E-state index in [0.29, 0.717) is 6.54 Å². The van der Waals surface area contributed by atoms with Crippen molar-refractivity contribution in [3.63, 3.8) is 0 Å². The minimum atomic E-state index is 0.435. The summed E-state index contributed by atoms with van der Waals surface area (Å²) < 4.78 is 0. The molecule has 0 aliphatic carbocycles. The van der Waals surface area contributed by atoms with Crippen LogP contribution < -0.4 is 5.73 Å². The predicted molar refractivity (Wildman–Crippen MR) is 75.0 cm³/mol. The number of hydrogen-bond donors (Lipinski definition) is 1. The maximum Gasteiger partial charge on any atom is 0.0772 e. The highest BCUT2D eigenvalue weighted by molar-refractivity contribution is 7.98. The molecule has 4 heteroatoms. The molecule has 0 saturated heterocycles. The fourth-order valence-electron chi connectivity index (χ4n) is 1.08. The molecule has 0 amide bonds. The van der Waals surface area contributed by atoms with Crippen molar-refractivity contribution in [3.8, 4) is 11.8 Å². The number of hydrogen-bond acceptors (Lipinski definition) is 4. The second-order valence-electron chi connectivity index (χ2n) is 3.63. The Morgan fingerprint density at radius 1 is 1.44 bits per heavy atom. The summed E-state index contributed by atoms with van der Waals surface area (Å²) in [6.07, 6.45) is 0. The zero-order valence-electron chi connectivity index (χ0n) is 9.82. The molecule has 1 aromatic heterocycles. The maximum absolute atomic E-state index is 5.33. The Kier molecular flexibility index (Phi) is 6.58. The Morgan fingerprint density at radius 2 is 2.25 bits per heavy atom. The lowest BCUT2D eigenvalue weighted by atomic mass is 10.4. The Bertz CT molecular complexity index is 361. The van der Waals surface area contributed by atoms with E-state index in [9.17, 15) is 0 Å². The largest absolute Gasteiger partial charge is 0.320 e. The summed E-state index contributed by atoms with van der Waals surface area (Å²) in [4.78, 5) is 4.72. The van der Waals surface area contributed by atoms with Gasteiger partial charge in [-0.2, -0.15) is 11.8 Å². The second kappa shape index (κ2) is 7.75. The lowest BCUT2D eigenvalue weighted by Gasteiger charge is -2.07. The van der Waals surface area contributed by atoms with Gasteiger partial charge < -0.3 is 10.6 Å². The van der Waals surface area contributed by atoms with Crippen molar-refractivity contribution in [1.82, 2.24) is 4.90 Å². The van der Waals surface area contributed by atoms with Gasteiger partial charge in [0.25, 0.3) is 0 Å². The molecule has 0 aliphatic heterocycles. The van der Waals surface area contributed by atoms with Crippen LogP contribution >= 0.6 is 23.1 Å². The van der Waals surface area contributed by atoms with Crippen LogP contribution in [-0.4, -0.2) is 37.8 Å². The van der Waals surface area contributed by atoms with E-state index in [1.807, 2.05) is 11.8 Å². The molecule has 0 unspecified atom stereocenters. The van der Waals surface area contributed by atoms with Crippen molar-refractivity contribution in [2.75, 3.05) is 32.9 Å². The van der Waals surface area contributed by atoms with E-state index in [4.69, 9.17) is 5.73 Å². The second-order valence-corrected chi connectivity index (χ2v) is 5.90. The van der Waals surface area contributed by atoms with Crippen LogP contribution in [0.2, 0.25) is 0 Å². The van der Waals surface area contributed by atoms with Gasteiger partial charge in [0.15, 0.2) is 0 Å². The van der Waals surface area contributed by atoms with Crippen molar-refractivity contribution >= 4 is 23.1 Å². The monoisotopic (exact) mass is 254 g/mol. The van der Waals surface area contributed by atoms with Gasteiger partial charge in [0, 0.05) is 22.9 Å². The standard InChI is InChI=1S/C12H18N2S2/c1-14(2)8-9-15-10-12-6-5-11(16-12)4-3-7-13/h5-6H,7-10,13H2,1-2H3. The SMILES string of the molecule is CN(C)CCSCc1ccc(C#CCN)s1. The average molecular weight is 254 g/mol. The third-order valence-electron chi connectivity index (χ3n) is 1.90. The van der Waals surface area contributed by atoms with Crippen molar-refractivity contribution in [3.05, 3.63) is 21.9 Å². The van der Waals surface area contributed by atoms with Crippen LogP contribution in [0.15, 0.2) is 12.1 Å². The molecule has 1 aromatic rings. The molecule has 0 fully saturated rings. The molecule has 0 radical (unpaired) electrons. The van der Waals surface area contributed by atoms with E-state index in [2.05, 4.69) is 43.0 Å². The summed E-state index contributed by atoms with van der Waals surface area (Å²) in [5.74, 6) is 8.20. The van der Waals surface area contributed by atoms with E-state index < -0.39 is 0 Å². The molecule has 0 bridgehead atoms. The quantitative estimate of drug-likeness (QED) is 0.642. The molecule has 1 rings (SSSR count). The number of nitrogens with zero attached hydrogens (tertiary/aromatic N) is 1. The highest BCUT2D eigenvalue weighted by Crippen LogP contribution is 2.20. The third kappa shape index (κ3) is 5.57. The van der Waals surface area contributed by atoms with Gasteiger partial charge >= 0.3 is 0 Å². The first-order chi connectivity index (χ1) is 7.72. The first-order valence-corrected chi connectivity index (χ1v) is 7.19. The van der Waals surface area contributed by atoms with Gasteiger partial charge in [-0.1, -0.05) is 11.8 Å². The molecule has 2 N–H and O–H groups in total. The van der Waals surface area contributed by atoms with Crippen LogP contribution in [0.3, 0.4) is 0 Å². The summed E-state index contributed by atoms with van der Waals surface area (Å²) in [5.41, 5.74) is 5.33. The van der Waals surface area contributed by atoms with Gasteiger partial charge in [-0.05, 0) is 26.2 Å². The van der Waals surface area contributed by atoms with E-state index in [-0.39, 0.29) is 0 Å². The molecule has 0 atom stereocenters. The lowest BCUT2D eigenvalue weighted by Crippen LogP contribution is -2.14. The minimum absolute atomic E-state index is 0.435. The molecule has 1 heterocycles.